The molecule has 3 heteroatoms. The van der Waals surface area contributed by atoms with Gasteiger partial charge in [0.15, 0.2) is 0 Å². The second kappa shape index (κ2) is 8.09. The zero-order valence-corrected chi connectivity index (χ0v) is 11.0. The standard InChI is InChI=1S/C14H23NO2/c1-12(2)15-11-13-6-4-7-14(10-13)17-9-5-8-16-3/h4,6-7,10,12,15H,5,8-9,11H2,1-3H3. The van der Waals surface area contributed by atoms with Crippen LogP contribution in [0.5, 0.6) is 5.75 Å². The topological polar surface area (TPSA) is 30.5 Å². The number of hydrogen-bond donors (Lipinski definition) is 1. The van der Waals surface area contributed by atoms with Gasteiger partial charge in [-0.25, -0.2) is 0 Å². The van der Waals surface area contributed by atoms with Crippen LogP contribution in [0.2, 0.25) is 0 Å². The molecule has 0 aliphatic rings. The largest absolute Gasteiger partial charge is 0.493 e. The Morgan fingerprint density at radius 1 is 1.24 bits per heavy atom. The van der Waals surface area contributed by atoms with Crippen LogP contribution in [0, 0.1) is 0 Å². The van der Waals surface area contributed by atoms with Gasteiger partial charge in [0.25, 0.3) is 0 Å². The van der Waals surface area contributed by atoms with Crippen LogP contribution in [-0.4, -0.2) is 26.4 Å². The molecule has 0 unspecified atom stereocenters. The minimum atomic E-state index is 0.501. The van der Waals surface area contributed by atoms with E-state index in [-0.39, 0.29) is 0 Å². The van der Waals surface area contributed by atoms with Gasteiger partial charge in [-0.1, -0.05) is 26.0 Å². The maximum atomic E-state index is 5.65. The average molecular weight is 237 g/mol. The number of methoxy groups -OCH3 is 1. The normalized spacial score (nSPS) is 10.8. The average Bonchev–Trinajstić information content (AvgIpc) is 2.33. The SMILES string of the molecule is COCCCOc1cccc(CNC(C)C)c1. The van der Waals surface area contributed by atoms with Crippen molar-refractivity contribution >= 4 is 0 Å². The highest BCUT2D eigenvalue weighted by atomic mass is 16.5. The number of rotatable bonds is 8. The summed E-state index contributed by atoms with van der Waals surface area (Å²) in [5, 5.41) is 3.39. The van der Waals surface area contributed by atoms with E-state index in [0.717, 1.165) is 25.3 Å². The Hall–Kier alpha value is -1.06. The van der Waals surface area contributed by atoms with Crippen LogP contribution in [0.4, 0.5) is 0 Å². The fourth-order valence-electron chi connectivity index (χ4n) is 1.46. The second-order valence-electron chi connectivity index (χ2n) is 4.38. The highest BCUT2D eigenvalue weighted by Gasteiger charge is 1.98. The first kappa shape index (κ1) is 14.0. The van der Waals surface area contributed by atoms with Crippen molar-refractivity contribution in [2.24, 2.45) is 0 Å². The van der Waals surface area contributed by atoms with E-state index in [2.05, 4.69) is 31.3 Å². The molecule has 0 bridgehead atoms. The Balaban J connectivity index is 2.37. The van der Waals surface area contributed by atoms with Crippen molar-refractivity contribution in [1.82, 2.24) is 5.32 Å². The third-order valence-electron chi connectivity index (χ3n) is 2.37. The van der Waals surface area contributed by atoms with Crippen LogP contribution >= 0.6 is 0 Å². The molecule has 0 saturated carbocycles. The van der Waals surface area contributed by atoms with Crippen LogP contribution in [0.3, 0.4) is 0 Å². The lowest BCUT2D eigenvalue weighted by molar-refractivity contribution is 0.172. The lowest BCUT2D eigenvalue weighted by Crippen LogP contribution is -2.21. The monoisotopic (exact) mass is 237 g/mol. The summed E-state index contributed by atoms with van der Waals surface area (Å²) in [5.41, 5.74) is 1.25. The van der Waals surface area contributed by atoms with Crippen LogP contribution in [0.15, 0.2) is 24.3 Å². The van der Waals surface area contributed by atoms with Gasteiger partial charge in [-0.15, -0.1) is 0 Å². The highest BCUT2D eigenvalue weighted by molar-refractivity contribution is 5.28. The van der Waals surface area contributed by atoms with Gasteiger partial charge in [-0.2, -0.15) is 0 Å². The van der Waals surface area contributed by atoms with E-state index in [0.29, 0.717) is 12.6 Å². The number of ether oxygens (including phenoxy) is 2. The smallest absolute Gasteiger partial charge is 0.119 e. The lowest BCUT2D eigenvalue weighted by Gasteiger charge is -2.10. The Labute approximate surface area is 104 Å². The van der Waals surface area contributed by atoms with Gasteiger partial charge < -0.3 is 14.8 Å². The first-order valence-electron chi connectivity index (χ1n) is 6.16. The molecule has 1 aromatic rings. The van der Waals surface area contributed by atoms with Gasteiger partial charge in [0, 0.05) is 32.7 Å². The molecule has 96 valence electrons. The molecular weight excluding hydrogens is 214 g/mol. The molecule has 1 aromatic carbocycles. The first-order valence-corrected chi connectivity index (χ1v) is 6.16. The van der Waals surface area contributed by atoms with Gasteiger partial charge in [-0.05, 0) is 17.7 Å². The van der Waals surface area contributed by atoms with Gasteiger partial charge in [0.1, 0.15) is 5.75 Å². The molecule has 3 nitrogen and oxygen atoms in total. The summed E-state index contributed by atoms with van der Waals surface area (Å²) in [4.78, 5) is 0. The van der Waals surface area contributed by atoms with Crippen molar-refractivity contribution in [2.45, 2.75) is 32.9 Å². The summed E-state index contributed by atoms with van der Waals surface area (Å²) in [7, 11) is 1.71. The van der Waals surface area contributed by atoms with Gasteiger partial charge in [-0.3, -0.25) is 0 Å². The van der Waals surface area contributed by atoms with Crippen LogP contribution < -0.4 is 10.1 Å². The number of hydrogen-bond acceptors (Lipinski definition) is 3. The Morgan fingerprint density at radius 3 is 2.76 bits per heavy atom. The summed E-state index contributed by atoms with van der Waals surface area (Å²) in [6.45, 7) is 6.62. The highest BCUT2D eigenvalue weighted by Crippen LogP contribution is 2.13. The summed E-state index contributed by atoms with van der Waals surface area (Å²) in [5.74, 6) is 0.934. The molecule has 0 aliphatic heterocycles. The van der Waals surface area contributed by atoms with E-state index in [4.69, 9.17) is 9.47 Å². The van der Waals surface area contributed by atoms with Gasteiger partial charge >= 0.3 is 0 Å². The van der Waals surface area contributed by atoms with E-state index in [1.807, 2.05) is 12.1 Å². The predicted octanol–water partition coefficient (Wildman–Crippen LogP) is 2.60. The zero-order chi connectivity index (χ0) is 12.5. The molecule has 17 heavy (non-hydrogen) atoms. The molecule has 0 aromatic heterocycles. The maximum Gasteiger partial charge on any atom is 0.119 e. The summed E-state index contributed by atoms with van der Waals surface area (Å²) in [6.07, 6.45) is 0.922. The molecule has 0 atom stereocenters. The van der Waals surface area contributed by atoms with E-state index in [1.54, 1.807) is 7.11 Å². The quantitative estimate of drug-likeness (QED) is 0.705. The molecule has 0 amide bonds. The summed E-state index contributed by atoms with van der Waals surface area (Å²) >= 11 is 0. The first-order chi connectivity index (χ1) is 8.22. The van der Waals surface area contributed by atoms with Crippen molar-refractivity contribution in [1.29, 1.82) is 0 Å². The van der Waals surface area contributed by atoms with Crippen LogP contribution in [-0.2, 0) is 11.3 Å². The second-order valence-corrected chi connectivity index (χ2v) is 4.38. The molecule has 0 aliphatic carbocycles. The maximum absolute atomic E-state index is 5.65. The van der Waals surface area contributed by atoms with E-state index >= 15 is 0 Å². The van der Waals surface area contributed by atoms with E-state index in [9.17, 15) is 0 Å². The Kier molecular flexibility index (Phi) is 6.67. The molecule has 1 rings (SSSR count). The molecule has 0 heterocycles. The lowest BCUT2D eigenvalue weighted by atomic mass is 10.2. The minimum absolute atomic E-state index is 0.501. The number of benzene rings is 1. The number of nitrogens with one attached hydrogen (secondary N) is 1. The Bertz CT molecular complexity index is 313. The van der Waals surface area contributed by atoms with E-state index < -0.39 is 0 Å². The molecule has 0 fully saturated rings. The molecule has 0 saturated heterocycles. The predicted molar refractivity (Wildman–Crippen MR) is 70.4 cm³/mol. The molecule has 0 radical (unpaired) electrons. The van der Waals surface area contributed by atoms with Gasteiger partial charge in [0.05, 0.1) is 6.61 Å². The minimum Gasteiger partial charge on any atom is -0.493 e. The molecular formula is C14H23NO2. The summed E-state index contributed by atoms with van der Waals surface area (Å²) < 4.78 is 10.6. The van der Waals surface area contributed by atoms with Crippen molar-refractivity contribution in [3.8, 4) is 5.75 Å². The van der Waals surface area contributed by atoms with Crippen LogP contribution in [0.1, 0.15) is 25.8 Å². The third kappa shape index (κ3) is 6.29. The van der Waals surface area contributed by atoms with Crippen molar-refractivity contribution in [3.63, 3.8) is 0 Å². The fourth-order valence-corrected chi connectivity index (χ4v) is 1.46. The van der Waals surface area contributed by atoms with Crippen LogP contribution in [0.25, 0.3) is 0 Å². The molecule has 1 N–H and O–H groups in total. The zero-order valence-electron chi connectivity index (χ0n) is 11.0. The van der Waals surface area contributed by atoms with Gasteiger partial charge in [0.2, 0.25) is 0 Å². The van der Waals surface area contributed by atoms with Crippen molar-refractivity contribution < 1.29 is 9.47 Å². The Morgan fingerprint density at radius 2 is 2.06 bits per heavy atom. The summed E-state index contributed by atoms with van der Waals surface area (Å²) in [6, 6.07) is 8.72. The fraction of sp³-hybridized carbons (Fsp3) is 0.571. The third-order valence-corrected chi connectivity index (χ3v) is 2.37. The van der Waals surface area contributed by atoms with E-state index in [1.165, 1.54) is 5.56 Å². The van der Waals surface area contributed by atoms with Crippen molar-refractivity contribution in [2.75, 3.05) is 20.3 Å². The molecule has 0 spiro atoms. The van der Waals surface area contributed by atoms with Crippen molar-refractivity contribution in [3.05, 3.63) is 29.8 Å².